The Hall–Kier alpha value is -2.63. The van der Waals surface area contributed by atoms with E-state index in [2.05, 4.69) is 5.32 Å². The van der Waals surface area contributed by atoms with Crippen molar-refractivity contribution in [1.29, 1.82) is 0 Å². The molecular weight excluding hydrogens is 236 g/mol. The monoisotopic (exact) mass is 246 g/mol. The number of hydrogen-bond donors (Lipinski definition) is 1. The zero-order valence-electron chi connectivity index (χ0n) is 9.54. The Morgan fingerprint density at radius 2 is 2.00 bits per heavy atom. The molecule has 0 aliphatic carbocycles. The van der Waals surface area contributed by atoms with Crippen molar-refractivity contribution in [3.63, 3.8) is 0 Å². The van der Waals surface area contributed by atoms with Gasteiger partial charge in [-0.25, -0.2) is 4.79 Å². The molecule has 1 N–H and O–H groups in total. The third-order valence-corrected chi connectivity index (χ3v) is 2.45. The first-order valence-electron chi connectivity index (χ1n) is 5.19. The standard InChI is InChI=1S/C12H10N2O4/c1-13-12(15)18-10-7-6-8-4-2-3-5-9(8)11(10)14(16)17/h2-7H,1H3,(H,13,15). The summed E-state index contributed by atoms with van der Waals surface area (Å²) in [6, 6.07) is 9.93. The number of nitrogens with zero attached hydrogens (tertiary/aromatic N) is 1. The van der Waals surface area contributed by atoms with Gasteiger partial charge in [-0.05, 0) is 17.5 Å². The van der Waals surface area contributed by atoms with Crippen molar-refractivity contribution in [2.24, 2.45) is 0 Å². The van der Waals surface area contributed by atoms with Gasteiger partial charge in [0.1, 0.15) is 0 Å². The lowest BCUT2D eigenvalue weighted by atomic mass is 10.1. The highest BCUT2D eigenvalue weighted by Gasteiger charge is 2.21. The largest absolute Gasteiger partial charge is 0.412 e. The zero-order chi connectivity index (χ0) is 13.1. The number of nitro groups is 1. The molecule has 0 fully saturated rings. The van der Waals surface area contributed by atoms with Crippen LogP contribution in [0.2, 0.25) is 0 Å². The van der Waals surface area contributed by atoms with E-state index in [0.29, 0.717) is 10.8 Å². The molecule has 0 aromatic heterocycles. The first kappa shape index (κ1) is 11.8. The predicted octanol–water partition coefficient (Wildman–Crippen LogP) is 2.47. The topological polar surface area (TPSA) is 81.5 Å². The van der Waals surface area contributed by atoms with Crippen LogP contribution in [0.1, 0.15) is 0 Å². The fourth-order valence-corrected chi connectivity index (χ4v) is 1.66. The highest BCUT2D eigenvalue weighted by Crippen LogP contribution is 2.35. The number of carbonyl (C=O) groups excluding carboxylic acids is 1. The van der Waals surface area contributed by atoms with Gasteiger partial charge in [0.15, 0.2) is 0 Å². The van der Waals surface area contributed by atoms with Gasteiger partial charge in [-0.2, -0.15) is 0 Å². The van der Waals surface area contributed by atoms with E-state index in [-0.39, 0.29) is 11.4 Å². The van der Waals surface area contributed by atoms with E-state index in [4.69, 9.17) is 4.74 Å². The molecule has 0 heterocycles. The molecule has 0 saturated carbocycles. The number of nitro benzene ring substituents is 1. The number of ether oxygens (including phenoxy) is 1. The minimum absolute atomic E-state index is 0.0712. The number of nitrogens with one attached hydrogen (secondary N) is 1. The van der Waals surface area contributed by atoms with Gasteiger partial charge in [-0.1, -0.05) is 24.3 Å². The molecule has 6 nitrogen and oxygen atoms in total. The average molecular weight is 246 g/mol. The summed E-state index contributed by atoms with van der Waals surface area (Å²) in [5.74, 6) is -0.0712. The van der Waals surface area contributed by atoms with Crippen LogP contribution in [0.4, 0.5) is 10.5 Å². The average Bonchev–Trinajstić information content (AvgIpc) is 2.37. The number of hydrogen-bond acceptors (Lipinski definition) is 4. The second-order valence-corrected chi connectivity index (χ2v) is 3.53. The van der Waals surface area contributed by atoms with E-state index < -0.39 is 11.0 Å². The molecule has 0 atom stereocenters. The second-order valence-electron chi connectivity index (χ2n) is 3.53. The Balaban J connectivity index is 2.63. The van der Waals surface area contributed by atoms with Crippen molar-refractivity contribution in [3.8, 4) is 5.75 Å². The van der Waals surface area contributed by atoms with E-state index in [1.54, 1.807) is 30.3 Å². The van der Waals surface area contributed by atoms with Crippen molar-refractivity contribution < 1.29 is 14.5 Å². The summed E-state index contributed by atoms with van der Waals surface area (Å²) in [7, 11) is 1.38. The van der Waals surface area contributed by atoms with Crippen molar-refractivity contribution >= 4 is 22.6 Å². The number of rotatable bonds is 2. The van der Waals surface area contributed by atoms with Gasteiger partial charge >= 0.3 is 11.8 Å². The smallest absolute Gasteiger partial charge is 0.403 e. The van der Waals surface area contributed by atoms with Gasteiger partial charge < -0.3 is 10.1 Å². The zero-order valence-corrected chi connectivity index (χ0v) is 9.54. The maximum atomic E-state index is 11.1. The van der Waals surface area contributed by atoms with Gasteiger partial charge in [-0.3, -0.25) is 10.1 Å². The number of benzene rings is 2. The molecular formula is C12H10N2O4. The minimum atomic E-state index is -0.742. The summed E-state index contributed by atoms with van der Waals surface area (Å²) in [4.78, 5) is 21.7. The van der Waals surface area contributed by atoms with Crippen LogP contribution >= 0.6 is 0 Å². The molecule has 0 radical (unpaired) electrons. The summed E-state index contributed by atoms with van der Waals surface area (Å²) in [6.45, 7) is 0. The van der Waals surface area contributed by atoms with Crippen LogP contribution < -0.4 is 10.1 Å². The molecule has 0 bridgehead atoms. The minimum Gasteiger partial charge on any atom is -0.403 e. The van der Waals surface area contributed by atoms with E-state index in [0.717, 1.165) is 0 Å². The molecule has 92 valence electrons. The van der Waals surface area contributed by atoms with Crippen molar-refractivity contribution in [3.05, 3.63) is 46.5 Å². The summed E-state index contributed by atoms with van der Waals surface area (Å²) >= 11 is 0. The van der Waals surface area contributed by atoms with Gasteiger partial charge in [0.25, 0.3) is 0 Å². The van der Waals surface area contributed by atoms with Crippen LogP contribution in [-0.4, -0.2) is 18.1 Å². The van der Waals surface area contributed by atoms with Gasteiger partial charge in [0, 0.05) is 7.05 Å². The summed E-state index contributed by atoms with van der Waals surface area (Å²) in [5.41, 5.74) is -0.211. The normalized spacial score (nSPS) is 10.1. The molecule has 0 unspecified atom stereocenters. The van der Waals surface area contributed by atoms with Gasteiger partial charge in [-0.15, -0.1) is 0 Å². The van der Waals surface area contributed by atoms with Crippen LogP contribution in [0.25, 0.3) is 10.8 Å². The van der Waals surface area contributed by atoms with Crippen LogP contribution in [0.15, 0.2) is 36.4 Å². The van der Waals surface area contributed by atoms with Crippen molar-refractivity contribution in [2.75, 3.05) is 7.05 Å². The number of amides is 1. The first-order valence-corrected chi connectivity index (χ1v) is 5.19. The van der Waals surface area contributed by atoms with E-state index in [9.17, 15) is 14.9 Å². The van der Waals surface area contributed by atoms with Crippen LogP contribution in [0.5, 0.6) is 5.75 Å². The molecule has 18 heavy (non-hydrogen) atoms. The maximum Gasteiger partial charge on any atom is 0.412 e. The SMILES string of the molecule is CNC(=O)Oc1ccc2ccccc2c1[N+](=O)[O-]. The molecule has 2 aromatic rings. The highest BCUT2D eigenvalue weighted by atomic mass is 16.6. The van der Waals surface area contributed by atoms with E-state index in [1.165, 1.54) is 13.1 Å². The third-order valence-electron chi connectivity index (χ3n) is 2.45. The Morgan fingerprint density at radius 3 is 2.67 bits per heavy atom. The molecule has 6 heteroatoms. The quantitative estimate of drug-likeness (QED) is 0.651. The molecule has 0 aliphatic rings. The maximum absolute atomic E-state index is 11.1. The third kappa shape index (κ3) is 2.08. The lowest BCUT2D eigenvalue weighted by Gasteiger charge is -2.06. The summed E-state index contributed by atoms with van der Waals surface area (Å²) in [6.07, 6.45) is -0.742. The van der Waals surface area contributed by atoms with Crippen LogP contribution in [-0.2, 0) is 0 Å². The lowest BCUT2D eigenvalue weighted by molar-refractivity contribution is -0.383. The molecule has 1 amide bonds. The molecule has 2 aromatic carbocycles. The molecule has 0 spiro atoms. The highest BCUT2D eigenvalue weighted by molar-refractivity contribution is 5.94. The summed E-state index contributed by atoms with van der Waals surface area (Å²) in [5, 5.41) is 14.5. The number of fused-ring (bicyclic) bond motifs is 1. The van der Waals surface area contributed by atoms with E-state index in [1.807, 2.05) is 0 Å². The Labute approximate surface area is 102 Å². The molecule has 0 saturated heterocycles. The summed E-state index contributed by atoms with van der Waals surface area (Å²) < 4.78 is 4.87. The lowest BCUT2D eigenvalue weighted by Crippen LogP contribution is -2.22. The fourth-order valence-electron chi connectivity index (χ4n) is 1.66. The fraction of sp³-hybridized carbons (Fsp3) is 0.0833. The Morgan fingerprint density at radius 1 is 1.28 bits per heavy atom. The predicted molar refractivity (Wildman–Crippen MR) is 65.7 cm³/mol. The molecule has 2 rings (SSSR count). The van der Waals surface area contributed by atoms with Crippen LogP contribution in [0, 0.1) is 10.1 Å². The van der Waals surface area contributed by atoms with Crippen LogP contribution in [0.3, 0.4) is 0 Å². The Bertz CT molecular complexity index is 625. The van der Waals surface area contributed by atoms with Gasteiger partial charge in [0.05, 0.1) is 10.3 Å². The second kappa shape index (κ2) is 4.70. The Kier molecular flexibility index (Phi) is 3.09. The molecule has 0 aliphatic heterocycles. The van der Waals surface area contributed by atoms with Gasteiger partial charge in [0.2, 0.25) is 5.75 Å². The van der Waals surface area contributed by atoms with Crippen molar-refractivity contribution in [1.82, 2.24) is 5.32 Å². The van der Waals surface area contributed by atoms with E-state index >= 15 is 0 Å². The first-order chi connectivity index (χ1) is 8.63. The number of carbonyl (C=O) groups is 1. The van der Waals surface area contributed by atoms with Crippen molar-refractivity contribution in [2.45, 2.75) is 0 Å².